The molecule has 0 unspecified atom stereocenters. The van der Waals surface area contributed by atoms with E-state index in [1.807, 2.05) is 26.8 Å². The smallest absolute Gasteiger partial charge is 0.116 e. The first-order valence-corrected chi connectivity index (χ1v) is 3.74. The molecule has 0 saturated heterocycles. The lowest BCUT2D eigenvalue weighted by Crippen LogP contribution is -1.84. The zero-order valence-electron chi connectivity index (χ0n) is 7.33. The minimum Gasteiger partial charge on any atom is -0.242 e. The van der Waals surface area contributed by atoms with E-state index >= 15 is 0 Å². The Kier molecular flexibility index (Phi) is 4.99. The van der Waals surface area contributed by atoms with Gasteiger partial charge in [-0.2, -0.15) is 0 Å². The van der Waals surface area contributed by atoms with Crippen molar-refractivity contribution in [3.05, 3.63) is 30.4 Å². The largest absolute Gasteiger partial charge is 0.242 e. The summed E-state index contributed by atoms with van der Waals surface area (Å²) in [4.78, 5) is 7.86. The van der Waals surface area contributed by atoms with Crippen molar-refractivity contribution in [2.45, 2.75) is 20.8 Å². The molecule has 0 spiro atoms. The second-order valence-corrected chi connectivity index (χ2v) is 1.79. The summed E-state index contributed by atoms with van der Waals surface area (Å²) in [6.45, 7) is 9.51. The molecule has 0 aromatic carbocycles. The van der Waals surface area contributed by atoms with Crippen molar-refractivity contribution in [3.8, 4) is 0 Å². The molecule has 11 heavy (non-hydrogen) atoms. The predicted molar refractivity (Wildman–Crippen MR) is 48.2 cm³/mol. The topological polar surface area (TPSA) is 25.8 Å². The molecule has 2 nitrogen and oxygen atoms in total. The molecule has 0 aliphatic heterocycles. The van der Waals surface area contributed by atoms with Gasteiger partial charge in [0.05, 0.1) is 5.69 Å². The molecule has 0 N–H and O–H groups in total. The van der Waals surface area contributed by atoms with Crippen molar-refractivity contribution in [2.24, 2.45) is 0 Å². The Balaban J connectivity index is 0.000000461. The van der Waals surface area contributed by atoms with E-state index in [0.717, 1.165) is 11.4 Å². The molecule has 0 bridgehead atoms. The summed E-state index contributed by atoms with van der Waals surface area (Å²) >= 11 is 0. The monoisotopic (exact) mass is 150 g/mol. The lowest BCUT2D eigenvalue weighted by molar-refractivity contribution is 1.09. The fourth-order valence-corrected chi connectivity index (χ4v) is 0.587. The molecule has 0 saturated carbocycles. The Hall–Kier alpha value is -1.18. The van der Waals surface area contributed by atoms with E-state index in [9.17, 15) is 0 Å². The third-order valence-corrected chi connectivity index (χ3v) is 1.03. The first-order valence-electron chi connectivity index (χ1n) is 3.74. The quantitative estimate of drug-likeness (QED) is 0.614. The summed E-state index contributed by atoms with van der Waals surface area (Å²) in [5.41, 5.74) is 1.85. The van der Waals surface area contributed by atoms with Gasteiger partial charge < -0.3 is 0 Å². The summed E-state index contributed by atoms with van der Waals surface area (Å²) in [6, 6.07) is 1.88. The van der Waals surface area contributed by atoms with Gasteiger partial charge in [0.2, 0.25) is 0 Å². The molecule has 0 amide bonds. The maximum atomic E-state index is 3.93. The van der Waals surface area contributed by atoms with Gasteiger partial charge in [-0.3, -0.25) is 0 Å². The van der Waals surface area contributed by atoms with Crippen LogP contribution >= 0.6 is 0 Å². The van der Waals surface area contributed by atoms with E-state index in [2.05, 4.69) is 16.5 Å². The van der Waals surface area contributed by atoms with Crippen molar-refractivity contribution in [2.75, 3.05) is 0 Å². The van der Waals surface area contributed by atoms with Crippen LogP contribution in [0.15, 0.2) is 19.0 Å². The van der Waals surface area contributed by atoms with Crippen LogP contribution < -0.4 is 0 Å². The second-order valence-electron chi connectivity index (χ2n) is 1.79. The van der Waals surface area contributed by atoms with Gasteiger partial charge in [0.25, 0.3) is 0 Å². The second kappa shape index (κ2) is 5.59. The minimum atomic E-state index is 0.877. The van der Waals surface area contributed by atoms with Crippen molar-refractivity contribution in [3.63, 3.8) is 0 Å². The average Bonchev–Trinajstić information content (AvgIpc) is 2.08. The van der Waals surface area contributed by atoms with Crippen LogP contribution in [0.4, 0.5) is 0 Å². The molecule has 2 heteroatoms. The summed E-state index contributed by atoms with van der Waals surface area (Å²) < 4.78 is 0. The number of hydrogen-bond donors (Lipinski definition) is 0. The van der Waals surface area contributed by atoms with Gasteiger partial charge in [0.1, 0.15) is 6.33 Å². The van der Waals surface area contributed by atoms with Crippen LogP contribution in [0.5, 0.6) is 0 Å². The maximum absolute atomic E-state index is 3.93. The lowest BCUT2D eigenvalue weighted by atomic mass is 10.3. The van der Waals surface area contributed by atoms with Crippen LogP contribution in [0, 0.1) is 6.92 Å². The molecule has 0 fully saturated rings. The molecule has 1 rings (SSSR count). The molecule has 0 aliphatic rings. The fourth-order valence-electron chi connectivity index (χ4n) is 0.587. The zero-order valence-corrected chi connectivity index (χ0v) is 7.33. The first kappa shape index (κ1) is 9.82. The van der Waals surface area contributed by atoms with Gasteiger partial charge in [-0.05, 0) is 19.1 Å². The van der Waals surface area contributed by atoms with Crippen molar-refractivity contribution >= 4 is 6.08 Å². The summed E-state index contributed by atoms with van der Waals surface area (Å²) in [5, 5.41) is 0. The lowest BCUT2D eigenvalue weighted by Gasteiger charge is -1.90. The highest BCUT2D eigenvalue weighted by Gasteiger charge is 1.85. The Bertz CT molecular complexity index is 219. The Labute approximate surface area is 68.0 Å². The van der Waals surface area contributed by atoms with E-state index in [4.69, 9.17) is 0 Å². The molecule has 1 aromatic heterocycles. The van der Waals surface area contributed by atoms with E-state index in [1.54, 1.807) is 6.08 Å². The number of hydrogen-bond acceptors (Lipinski definition) is 2. The molecule has 60 valence electrons. The molecule has 0 radical (unpaired) electrons. The highest BCUT2D eigenvalue weighted by Crippen LogP contribution is 1.95. The van der Waals surface area contributed by atoms with Gasteiger partial charge in [0, 0.05) is 5.69 Å². The van der Waals surface area contributed by atoms with Crippen molar-refractivity contribution in [1.29, 1.82) is 0 Å². The van der Waals surface area contributed by atoms with Crippen LogP contribution in [0.1, 0.15) is 25.2 Å². The van der Waals surface area contributed by atoms with Gasteiger partial charge in [0.15, 0.2) is 0 Å². The SMILES string of the molecule is C=Cc1cc(C)ncn1.CC. The normalized spacial score (nSPS) is 7.91. The molecule has 0 atom stereocenters. The summed E-state index contributed by atoms with van der Waals surface area (Å²) in [6.07, 6.45) is 3.24. The highest BCUT2D eigenvalue weighted by atomic mass is 14.8. The third-order valence-electron chi connectivity index (χ3n) is 1.03. The maximum Gasteiger partial charge on any atom is 0.116 e. The first-order chi connectivity index (χ1) is 5.33. The average molecular weight is 150 g/mol. The van der Waals surface area contributed by atoms with E-state index < -0.39 is 0 Å². The minimum absolute atomic E-state index is 0.877. The standard InChI is InChI=1S/C7H8N2.C2H6/c1-3-7-4-6(2)8-5-9-7;1-2/h3-5H,1H2,2H3;1-2H3. The number of aromatic nitrogens is 2. The van der Waals surface area contributed by atoms with Gasteiger partial charge in [-0.1, -0.05) is 20.4 Å². The van der Waals surface area contributed by atoms with Crippen molar-refractivity contribution in [1.82, 2.24) is 9.97 Å². The number of aryl methyl sites for hydroxylation is 1. The summed E-state index contributed by atoms with van der Waals surface area (Å²) in [7, 11) is 0. The van der Waals surface area contributed by atoms with Gasteiger partial charge in [-0.15, -0.1) is 0 Å². The van der Waals surface area contributed by atoms with E-state index in [0.29, 0.717) is 0 Å². The molecule has 1 heterocycles. The fraction of sp³-hybridized carbons (Fsp3) is 0.333. The molecular weight excluding hydrogens is 136 g/mol. The van der Waals surface area contributed by atoms with Crippen molar-refractivity contribution < 1.29 is 0 Å². The predicted octanol–water partition coefficient (Wildman–Crippen LogP) is 2.45. The van der Waals surface area contributed by atoms with Crippen LogP contribution in [-0.4, -0.2) is 9.97 Å². The molecule has 1 aromatic rings. The summed E-state index contributed by atoms with van der Waals surface area (Å²) in [5.74, 6) is 0. The van der Waals surface area contributed by atoms with E-state index in [-0.39, 0.29) is 0 Å². The van der Waals surface area contributed by atoms with Crippen LogP contribution in [0.25, 0.3) is 6.08 Å². The Morgan fingerprint density at radius 1 is 1.36 bits per heavy atom. The van der Waals surface area contributed by atoms with E-state index in [1.165, 1.54) is 6.33 Å². The van der Waals surface area contributed by atoms with Gasteiger partial charge in [-0.25, -0.2) is 9.97 Å². The van der Waals surface area contributed by atoms with Crippen LogP contribution in [-0.2, 0) is 0 Å². The third kappa shape index (κ3) is 3.50. The molecular formula is C9H14N2. The Morgan fingerprint density at radius 3 is 2.36 bits per heavy atom. The number of nitrogens with zero attached hydrogens (tertiary/aromatic N) is 2. The molecule has 0 aliphatic carbocycles. The van der Waals surface area contributed by atoms with Gasteiger partial charge >= 0.3 is 0 Å². The highest BCUT2D eigenvalue weighted by molar-refractivity contribution is 5.40. The van der Waals surface area contributed by atoms with Crippen LogP contribution in [0.3, 0.4) is 0 Å². The Morgan fingerprint density at radius 2 is 2.00 bits per heavy atom. The number of rotatable bonds is 1. The van der Waals surface area contributed by atoms with Crippen LogP contribution in [0.2, 0.25) is 0 Å². The zero-order chi connectivity index (χ0) is 8.69.